The Balaban J connectivity index is 1.36. The van der Waals surface area contributed by atoms with Crippen molar-refractivity contribution in [3.05, 3.63) is 65.2 Å². The number of fused-ring (bicyclic) bond motifs is 1. The quantitative estimate of drug-likeness (QED) is 0.272. The number of para-hydroxylation sites is 1. The van der Waals surface area contributed by atoms with E-state index in [1.165, 1.54) is 16.7 Å². The zero-order valence-corrected chi connectivity index (χ0v) is 18.8. The van der Waals surface area contributed by atoms with Crippen LogP contribution in [0.3, 0.4) is 0 Å². The van der Waals surface area contributed by atoms with Crippen LogP contribution in [0.2, 0.25) is 0 Å². The summed E-state index contributed by atoms with van der Waals surface area (Å²) in [5.41, 5.74) is 13.4. The smallest absolute Gasteiger partial charge is 0.240 e. The van der Waals surface area contributed by atoms with Crippen molar-refractivity contribution in [1.82, 2.24) is 15.4 Å². The van der Waals surface area contributed by atoms with Crippen LogP contribution in [-0.2, 0) is 17.6 Å². The van der Waals surface area contributed by atoms with Crippen molar-refractivity contribution in [2.45, 2.75) is 26.2 Å². The van der Waals surface area contributed by atoms with Gasteiger partial charge in [-0.25, -0.2) is 10.4 Å². The summed E-state index contributed by atoms with van der Waals surface area (Å²) in [5, 5.41) is 5.93. The van der Waals surface area contributed by atoms with E-state index in [0.29, 0.717) is 24.4 Å². The molecule has 4 aromatic rings. The Labute approximate surface area is 190 Å². The number of aromatic nitrogens is 2. The minimum atomic E-state index is -0.143. The third-order valence-corrected chi connectivity index (χ3v) is 6.09. The van der Waals surface area contributed by atoms with Gasteiger partial charge in [-0.2, -0.15) is 5.10 Å². The van der Waals surface area contributed by atoms with Crippen molar-refractivity contribution in [3.63, 3.8) is 0 Å². The molecule has 4 rings (SSSR count). The molecule has 0 saturated carbocycles. The molecule has 0 saturated heterocycles. The van der Waals surface area contributed by atoms with E-state index in [4.69, 9.17) is 10.5 Å². The molecule has 2 aromatic carbocycles. The molecule has 2 aromatic heterocycles. The summed E-state index contributed by atoms with van der Waals surface area (Å²) < 4.78 is 5.21. The molecule has 164 valence electrons. The van der Waals surface area contributed by atoms with Gasteiger partial charge in [-0.3, -0.25) is 4.79 Å². The second-order valence-corrected chi connectivity index (χ2v) is 8.59. The summed E-state index contributed by atoms with van der Waals surface area (Å²) in [6.07, 6.45) is 3.49. The van der Waals surface area contributed by atoms with E-state index < -0.39 is 0 Å². The Morgan fingerprint density at radius 2 is 2.00 bits per heavy atom. The first-order valence-corrected chi connectivity index (χ1v) is 11.1. The van der Waals surface area contributed by atoms with E-state index in [1.807, 2.05) is 55.6 Å². The van der Waals surface area contributed by atoms with Gasteiger partial charge in [0.25, 0.3) is 0 Å². The van der Waals surface area contributed by atoms with E-state index >= 15 is 0 Å². The molecule has 0 aliphatic carbocycles. The molecule has 0 spiro atoms. The maximum atomic E-state index is 12.4. The highest BCUT2D eigenvalue weighted by molar-refractivity contribution is 7.15. The van der Waals surface area contributed by atoms with Gasteiger partial charge in [0.2, 0.25) is 5.91 Å². The summed E-state index contributed by atoms with van der Waals surface area (Å²) in [6.45, 7) is 1.91. The van der Waals surface area contributed by atoms with Gasteiger partial charge in [-0.15, -0.1) is 11.3 Å². The number of benzene rings is 2. The number of thiazole rings is 1. The molecule has 7 nitrogen and oxygen atoms in total. The Kier molecular flexibility index (Phi) is 6.51. The monoisotopic (exact) mass is 447 g/mol. The van der Waals surface area contributed by atoms with Crippen molar-refractivity contribution in [2.75, 3.05) is 12.8 Å². The van der Waals surface area contributed by atoms with Crippen LogP contribution in [-0.4, -0.2) is 28.7 Å². The number of aryl methyl sites for hydroxylation is 1. The minimum absolute atomic E-state index is 0.143. The second-order valence-electron chi connectivity index (χ2n) is 7.47. The highest BCUT2D eigenvalue weighted by Crippen LogP contribution is 2.31. The minimum Gasteiger partial charge on any atom is -0.497 e. The zero-order valence-electron chi connectivity index (χ0n) is 18.0. The number of nitrogens with zero attached hydrogens (tertiary/aromatic N) is 2. The number of H-pyrrole nitrogens is 1. The summed E-state index contributed by atoms with van der Waals surface area (Å²) in [7, 11) is 1.63. The maximum Gasteiger partial charge on any atom is 0.240 e. The first kappa shape index (κ1) is 21.6. The fraction of sp³-hybridized carbons (Fsp3) is 0.208. The first-order chi connectivity index (χ1) is 15.5. The van der Waals surface area contributed by atoms with Crippen molar-refractivity contribution in [1.29, 1.82) is 0 Å². The van der Waals surface area contributed by atoms with Gasteiger partial charge in [-0.05, 0) is 49.2 Å². The van der Waals surface area contributed by atoms with Gasteiger partial charge in [-0.1, -0.05) is 18.2 Å². The number of aromatic amines is 1. The fourth-order valence-electron chi connectivity index (χ4n) is 3.55. The molecule has 32 heavy (non-hydrogen) atoms. The van der Waals surface area contributed by atoms with Crippen molar-refractivity contribution < 1.29 is 9.53 Å². The number of amides is 1. The number of anilines is 1. The lowest BCUT2D eigenvalue weighted by atomic mass is 10.1. The van der Waals surface area contributed by atoms with Crippen LogP contribution in [0.1, 0.15) is 23.8 Å². The average molecular weight is 448 g/mol. The average Bonchev–Trinajstić information content (AvgIpc) is 3.39. The molecular weight excluding hydrogens is 422 g/mol. The summed E-state index contributed by atoms with van der Waals surface area (Å²) in [4.78, 5) is 21.1. The topological polar surface area (TPSA) is 105 Å². The number of rotatable bonds is 8. The molecule has 0 unspecified atom stereocenters. The van der Waals surface area contributed by atoms with Gasteiger partial charge in [0.15, 0.2) is 5.13 Å². The SMILES string of the molecule is COc1ccc(-c2nc(N)sc2CCC(=O)N/N=C(\C)Cc2c[nH]c3ccccc23)cc1. The largest absolute Gasteiger partial charge is 0.497 e. The van der Waals surface area contributed by atoms with Crippen LogP contribution in [0.4, 0.5) is 5.13 Å². The summed E-state index contributed by atoms with van der Waals surface area (Å²) >= 11 is 1.41. The van der Waals surface area contributed by atoms with E-state index in [-0.39, 0.29) is 5.91 Å². The van der Waals surface area contributed by atoms with Crippen LogP contribution in [0.5, 0.6) is 5.75 Å². The number of nitrogens with one attached hydrogen (secondary N) is 2. The molecule has 1 amide bonds. The fourth-order valence-corrected chi connectivity index (χ4v) is 4.40. The molecule has 2 heterocycles. The number of carbonyl (C=O) groups is 1. The molecule has 8 heteroatoms. The Bertz CT molecular complexity index is 1260. The van der Waals surface area contributed by atoms with E-state index in [2.05, 4.69) is 26.6 Å². The van der Waals surface area contributed by atoms with Gasteiger partial charge < -0.3 is 15.5 Å². The van der Waals surface area contributed by atoms with Crippen molar-refractivity contribution in [3.8, 4) is 17.0 Å². The number of methoxy groups -OCH3 is 1. The Morgan fingerprint density at radius 3 is 2.78 bits per heavy atom. The van der Waals surface area contributed by atoms with Crippen molar-refractivity contribution >= 4 is 39.0 Å². The van der Waals surface area contributed by atoms with Crippen LogP contribution >= 0.6 is 11.3 Å². The normalized spacial score (nSPS) is 11.6. The molecule has 0 aliphatic heterocycles. The standard InChI is InChI=1S/C24H25N5O2S/c1-15(13-17-14-26-20-6-4-3-5-19(17)20)28-29-22(30)12-11-21-23(27-24(25)32-21)16-7-9-18(31-2)10-8-16/h3-10,14,26H,11-13H2,1-2H3,(H2,25,27)(H,29,30)/b28-15+. The lowest BCUT2D eigenvalue weighted by Gasteiger charge is -2.05. The first-order valence-electron chi connectivity index (χ1n) is 10.3. The molecule has 0 aliphatic rings. The summed E-state index contributed by atoms with van der Waals surface area (Å²) in [6, 6.07) is 15.8. The maximum absolute atomic E-state index is 12.4. The highest BCUT2D eigenvalue weighted by atomic mass is 32.1. The lowest BCUT2D eigenvalue weighted by Crippen LogP contribution is -2.19. The zero-order chi connectivity index (χ0) is 22.5. The molecule has 0 atom stereocenters. The Morgan fingerprint density at radius 1 is 1.22 bits per heavy atom. The number of ether oxygens (including phenoxy) is 1. The number of hydrazone groups is 1. The van der Waals surface area contributed by atoms with Crippen molar-refractivity contribution in [2.24, 2.45) is 5.10 Å². The molecule has 0 fully saturated rings. The van der Waals surface area contributed by atoms with Gasteiger partial charge in [0, 0.05) is 46.1 Å². The van der Waals surface area contributed by atoms with Crippen LogP contribution < -0.4 is 15.9 Å². The number of nitrogens with two attached hydrogens (primary N) is 1. The van der Waals surface area contributed by atoms with Crippen LogP contribution in [0.15, 0.2) is 59.8 Å². The van der Waals surface area contributed by atoms with Crippen LogP contribution in [0.25, 0.3) is 22.2 Å². The lowest BCUT2D eigenvalue weighted by molar-refractivity contribution is -0.121. The molecular formula is C24H25N5O2S. The third-order valence-electron chi connectivity index (χ3n) is 5.15. The van der Waals surface area contributed by atoms with Crippen LogP contribution in [0, 0.1) is 0 Å². The number of nitrogen functional groups attached to an aromatic ring is 1. The summed E-state index contributed by atoms with van der Waals surface area (Å²) in [5.74, 6) is 0.634. The Hall–Kier alpha value is -3.65. The third kappa shape index (κ3) is 4.97. The highest BCUT2D eigenvalue weighted by Gasteiger charge is 2.14. The molecule has 4 N–H and O–H groups in total. The molecule has 0 bridgehead atoms. The van der Waals surface area contributed by atoms with E-state index in [9.17, 15) is 4.79 Å². The number of hydrogen-bond acceptors (Lipinski definition) is 6. The van der Waals surface area contributed by atoms with E-state index in [1.54, 1.807) is 7.11 Å². The second kappa shape index (κ2) is 9.65. The van der Waals surface area contributed by atoms with Gasteiger partial charge >= 0.3 is 0 Å². The van der Waals surface area contributed by atoms with E-state index in [0.717, 1.165) is 38.7 Å². The number of carbonyl (C=O) groups excluding carboxylic acids is 1. The predicted octanol–water partition coefficient (Wildman–Crippen LogP) is 4.55. The van der Waals surface area contributed by atoms with Gasteiger partial charge in [0.05, 0.1) is 12.8 Å². The predicted molar refractivity (Wildman–Crippen MR) is 130 cm³/mol. The number of hydrogen-bond donors (Lipinski definition) is 3. The van der Waals surface area contributed by atoms with Gasteiger partial charge in [0.1, 0.15) is 5.75 Å². The molecule has 0 radical (unpaired) electrons.